The molecule has 19 heavy (non-hydrogen) atoms. The van der Waals surface area contributed by atoms with Gasteiger partial charge in [0.05, 0.1) is 13.1 Å². The minimum atomic E-state index is -0.526. The lowest BCUT2D eigenvalue weighted by Crippen LogP contribution is -2.39. The zero-order chi connectivity index (χ0) is 13.8. The molecule has 0 aromatic carbocycles. The predicted molar refractivity (Wildman–Crippen MR) is 75.3 cm³/mol. The van der Waals surface area contributed by atoms with E-state index >= 15 is 0 Å². The number of thiophene rings is 1. The molecule has 0 spiro atoms. The molecule has 0 bridgehead atoms. The topological polar surface area (TPSA) is 70.0 Å². The minimum absolute atomic E-state index is 0.319. The molecule has 6 heteroatoms. The molecule has 2 heterocycles. The van der Waals surface area contributed by atoms with E-state index in [1.165, 1.54) is 20.5 Å². The molecule has 0 saturated carbocycles. The fourth-order valence-corrected chi connectivity index (χ4v) is 2.38. The van der Waals surface area contributed by atoms with Gasteiger partial charge < -0.3 is 14.9 Å². The maximum absolute atomic E-state index is 11.8. The van der Waals surface area contributed by atoms with E-state index in [2.05, 4.69) is 11.8 Å². The van der Waals surface area contributed by atoms with E-state index < -0.39 is 11.1 Å². The van der Waals surface area contributed by atoms with Gasteiger partial charge in [-0.1, -0.05) is 11.8 Å². The number of nitrogens with zero attached hydrogens (tertiary/aromatic N) is 2. The van der Waals surface area contributed by atoms with Crippen LogP contribution in [0.15, 0.2) is 33.4 Å². The first kappa shape index (κ1) is 13.3. The second-order valence-electron chi connectivity index (χ2n) is 3.95. The van der Waals surface area contributed by atoms with Gasteiger partial charge in [0, 0.05) is 35.3 Å². The maximum atomic E-state index is 11.8. The molecule has 98 valence electrons. The Morgan fingerprint density at radius 3 is 2.84 bits per heavy atom. The van der Waals surface area contributed by atoms with Crippen LogP contribution in [0.2, 0.25) is 0 Å². The molecule has 2 aromatic heterocycles. The average Bonchev–Trinajstić information content (AvgIpc) is 2.85. The van der Waals surface area contributed by atoms with Crippen molar-refractivity contribution >= 4 is 11.3 Å². The number of aryl methyl sites for hydroxylation is 1. The summed E-state index contributed by atoms with van der Waals surface area (Å²) in [5, 5.41) is 1.91. The standard InChI is InChI=1S/C13H13N3O2S/c1-15-5-6-16(13(18)12(15)17)8-11-7-10(9-19-11)3-2-4-14/h5-7,9H,4,8,14H2,1H3. The van der Waals surface area contributed by atoms with Crippen LogP contribution in [0.25, 0.3) is 0 Å². The zero-order valence-corrected chi connectivity index (χ0v) is 11.2. The van der Waals surface area contributed by atoms with E-state index in [1.54, 1.807) is 19.4 Å². The summed E-state index contributed by atoms with van der Waals surface area (Å²) in [6, 6.07) is 1.90. The van der Waals surface area contributed by atoms with Crippen LogP contribution >= 0.6 is 11.3 Å². The van der Waals surface area contributed by atoms with Gasteiger partial charge in [0.1, 0.15) is 0 Å². The average molecular weight is 275 g/mol. The summed E-state index contributed by atoms with van der Waals surface area (Å²) in [6.07, 6.45) is 3.18. The molecule has 0 aliphatic carbocycles. The van der Waals surface area contributed by atoms with E-state index in [0.717, 1.165) is 10.4 Å². The monoisotopic (exact) mass is 275 g/mol. The highest BCUT2D eigenvalue weighted by Gasteiger charge is 2.04. The normalized spacial score (nSPS) is 10.0. The van der Waals surface area contributed by atoms with Crippen LogP contribution in [0, 0.1) is 11.8 Å². The van der Waals surface area contributed by atoms with Crippen molar-refractivity contribution in [3.63, 3.8) is 0 Å². The summed E-state index contributed by atoms with van der Waals surface area (Å²) in [5.74, 6) is 5.70. The number of nitrogens with two attached hydrogens (primary N) is 1. The Morgan fingerprint density at radius 1 is 1.32 bits per heavy atom. The SMILES string of the molecule is Cn1ccn(Cc2cc(C#CCN)cs2)c(=O)c1=O. The number of hydrogen-bond donors (Lipinski definition) is 1. The van der Waals surface area contributed by atoms with Crippen LogP contribution in [0.3, 0.4) is 0 Å². The smallest absolute Gasteiger partial charge is 0.316 e. The van der Waals surface area contributed by atoms with Gasteiger partial charge in [-0.05, 0) is 6.07 Å². The lowest BCUT2D eigenvalue weighted by Gasteiger charge is -2.03. The molecule has 0 fully saturated rings. The van der Waals surface area contributed by atoms with Crippen molar-refractivity contribution in [1.82, 2.24) is 9.13 Å². The summed E-state index contributed by atoms with van der Waals surface area (Å²) >= 11 is 1.50. The highest BCUT2D eigenvalue weighted by Crippen LogP contribution is 2.14. The number of hydrogen-bond acceptors (Lipinski definition) is 4. The molecule has 5 nitrogen and oxygen atoms in total. The second kappa shape index (κ2) is 5.69. The molecule has 0 amide bonds. The van der Waals surface area contributed by atoms with E-state index in [4.69, 9.17) is 5.73 Å². The van der Waals surface area contributed by atoms with Crippen LogP contribution in [-0.2, 0) is 13.6 Å². The van der Waals surface area contributed by atoms with Gasteiger partial charge in [-0.25, -0.2) is 0 Å². The molecular weight excluding hydrogens is 262 g/mol. The summed E-state index contributed by atoms with van der Waals surface area (Å²) in [7, 11) is 1.56. The molecule has 2 aromatic rings. The van der Waals surface area contributed by atoms with Gasteiger partial charge in [0.25, 0.3) is 0 Å². The molecule has 2 rings (SSSR count). The Morgan fingerprint density at radius 2 is 2.11 bits per heavy atom. The molecule has 0 aliphatic rings. The maximum Gasteiger partial charge on any atom is 0.316 e. The molecule has 0 saturated heterocycles. The lowest BCUT2D eigenvalue weighted by atomic mass is 10.3. The van der Waals surface area contributed by atoms with Crippen molar-refractivity contribution in [2.75, 3.05) is 6.54 Å². The van der Waals surface area contributed by atoms with E-state index in [1.807, 2.05) is 11.4 Å². The third kappa shape index (κ3) is 3.02. The Bertz CT molecular complexity index is 758. The van der Waals surface area contributed by atoms with Gasteiger partial charge in [-0.15, -0.1) is 11.3 Å². The van der Waals surface area contributed by atoms with Gasteiger partial charge in [-0.3, -0.25) is 9.59 Å². The van der Waals surface area contributed by atoms with E-state index in [0.29, 0.717) is 13.1 Å². The summed E-state index contributed by atoms with van der Waals surface area (Å²) < 4.78 is 2.67. The van der Waals surface area contributed by atoms with Gasteiger partial charge >= 0.3 is 11.1 Å². The molecule has 0 radical (unpaired) electrons. The first-order valence-corrected chi connectivity index (χ1v) is 6.52. The van der Waals surface area contributed by atoms with E-state index in [-0.39, 0.29) is 0 Å². The lowest BCUT2D eigenvalue weighted by molar-refractivity contribution is 0.701. The summed E-state index contributed by atoms with van der Waals surface area (Å²) in [6.45, 7) is 0.698. The van der Waals surface area contributed by atoms with Gasteiger partial charge in [0.15, 0.2) is 0 Å². The highest BCUT2D eigenvalue weighted by atomic mass is 32.1. The van der Waals surface area contributed by atoms with Crippen molar-refractivity contribution < 1.29 is 0 Å². The van der Waals surface area contributed by atoms with Crippen LogP contribution < -0.4 is 16.9 Å². The molecule has 0 unspecified atom stereocenters. The molecule has 0 atom stereocenters. The minimum Gasteiger partial charge on any atom is -0.320 e. The third-order valence-corrected chi connectivity index (χ3v) is 3.47. The van der Waals surface area contributed by atoms with Gasteiger partial charge in [0.2, 0.25) is 0 Å². The number of aromatic nitrogens is 2. The van der Waals surface area contributed by atoms with Crippen molar-refractivity contribution in [3.8, 4) is 11.8 Å². The zero-order valence-electron chi connectivity index (χ0n) is 10.4. The van der Waals surface area contributed by atoms with Crippen molar-refractivity contribution in [2.45, 2.75) is 6.54 Å². The molecular formula is C13H13N3O2S. The van der Waals surface area contributed by atoms with Crippen LogP contribution in [0.5, 0.6) is 0 Å². The quantitative estimate of drug-likeness (QED) is 0.618. The molecule has 0 aliphatic heterocycles. The van der Waals surface area contributed by atoms with Crippen molar-refractivity contribution in [1.29, 1.82) is 0 Å². The predicted octanol–water partition coefficient (Wildman–Crippen LogP) is -0.0330. The first-order valence-electron chi connectivity index (χ1n) is 5.64. The van der Waals surface area contributed by atoms with Crippen LogP contribution in [-0.4, -0.2) is 15.7 Å². The van der Waals surface area contributed by atoms with Gasteiger partial charge in [-0.2, -0.15) is 0 Å². The summed E-state index contributed by atoms with van der Waals surface area (Å²) in [4.78, 5) is 24.3. The Labute approximate surface area is 113 Å². The fourth-order valence-electron chi connectivity index (χ4n) is 1.56. The third-order valence-electron chi connectivity index (χ3n) is 2.55. The highest BCUT2D eigenvalue weighted by molar-refractivity contribution is 7.10. The largest absolute Gasteiger partial charge is 0.320 e. The Kier molecular flexibility index (Phi) is 4.00. The summed E-state index contributed by atoms with van der Waals surface area (Å²) in [5.41, 5.74) is 5.14. The van der Waals surface area contributed by atoms with Crippen LogP contribution in [0.4, 0.5) is 0 Å². The first-order chi connectivity index (χ1) is 9.11. The molecule has 2 N–H and O–H groups in total. The second-order valence-corrected chi connectivity index (χ2v) is 4.95. The van der Waals surface area contributed by atoms with E-state index in [9.17, 15) is 9.59 Å². The van der Waals surface area contributed by atoms with Crippen molar-refractivity contribution in [3.05, 3.63) is 55.0 Å². The Balaban J connectivity index is 2.27. The fraction of sp³-hybridized carbons (Fsp3) is 0.231. The van der Waals surface area contributed by atoms with Crippen molar-refractivity contribution in [2.24, 2.45) is 12.8 Å². The Hall–Kier alpha value is -2.10. The number of rotatable bonds is 2. The van der Waals surface area contributed by atoms with Crippen LogP contribution in [0.1, 0.15) is 10.4 Å².